The highest BCUT2D eigenvalue weighted by Crippen LogP contribution is 2.37. The summed E-state index contributed by atoms with van der Waals surface area (Å²) in [5.74, 6) is -2.21. The Balaban J connectivity index is 1.75. The van der Waals surface area contributed by atoms with Gasteiger partial charge in [-0.2, -0.15) is 5.26 Å². The molecule has 0 spiro atoms. The highest BCUT2D eigenvalue weighted by Gasteiger charge is 2.21. The second-order valence-electron chi connectivity index (χ2n) is 7.31. The van der Waals surface area contributed by atoms with Crippen LogP contribution in [0.25, 0.3) is 10.4 Å². The fourth-order valence-electron chi connectivity index (χ4n) is 3.07. The summed E-state index contributed by atoms with van der Waals surface area (Å²) in [6.07, 6.45) is 0.974. The number of hydrogen-bond acceptors (Lipinski definition) is 9. The van der Waals surface area contributed by atoms with E-state index in [0.717, 1.165) is 17.6 Å². The number of carbonyl (C=O) groups is 3. The maximum Gasteiger partial charge on any atom is 0.341 e. The number of nitriles is 1. The summed E-state index contributed by atoms with van der Waals surface area (Å²) in [6.45, 7) is 1.11. The van der Waals surface area contributed by atoms with E-state index in [1.54, 1.807) is 31.2 Å². The molecule has 0 aliphatic heterocycles. The van der Waals surface area contributed by atoms with Crippen molar-refractivity contribution in [2.75, 3.05) is 29.5 Å². The minimum atomic E-state index is -3.54. The van der Waals surface area contributed by atoms with Gasteiger partial charge in [-0.05, 0) is 37.3 Å². The van der Waals surface area contributed by atoms with Crippen LogP contribution in [0.2, 0.25) is 0 Å². The van der Waals surface area contributed by atoms with Gasteiger partial charge in [0.1, 0.15) is 5.00 Å². The van der Waals surface area contributed by atoms with Crippen LogP contribution in [0.4, 0.5) is 10.7 Å². The Bertz CT molecular complexity index is 1460. The van der Waals surface area contributed by atoms with Crippen molar-refractivity contribution in [1.29, 1.82) is 5.26 Å². The average molecular weight is 528 g/mol. The third kappa shape index (κ3) is 6.91. The average Bonchev–Trinajstić information content (AvgIpc) is 3.25. The van der Waals surface area contributed by atoms with Gasteiger partial charge < -0.3 is 14.8 Å². The van der Waals surface area contributed by atoms with E-state index in [2.05, 4.69) is 16.1 Å². The number of carbonyl (C=O) groups excluding carboxylic acids is 3. The summed E-state index contributed by atoms with van der Waals surface area (Å²) >= 11 is 1.07. The van der Waals surface area contributed by atoms with E-state index in [0.29, 0.717) is 16.0 Å². The fraction of sp³-hybridized carbons (Fsp3) is 0.167. The number of nitrogens with zero attached hydrogens (tertiary/aromatic N) is 1. The van der Waals surface area contributed by atoms with Gasteiger partial charge in [0.15, 0.2) is 6.61 Å². The Labute approximate surface area is 211 Å². The van der Waals surface area contributed by atoms with Crippen molar-refractivity contribution in [2.45, 2.75) is 6.92 Å². The minimum absolute atomic E-state index is 0.0372. The molecule has 0 aliphatic rings. The Morgan fingerprint density at radius 1 is 1.03 bits per heavy atom. The molecule has 0 unspecified atom stereocenters. The normalized spacial score (nSPS) is 10.7. The molecule has 0 saturated carbocycles. The third-order valence-corrected chi connectivity index (χ3v) is 6.22. The largest absolute Gasteiger partial charge is 0.462 e. The van der Waals surface area contributed by atoms with Crippen LogP contribution in [-0.4, -0.2) is 45.7 Å². The number of benzene rings is 2. The molecule has 36 heavy (non-hydrogen) atoms. The highest BCUT2D eigenvalue weighted by molar-refractivity contribution is 7.92. The van der Waals surface area contributed by atoms with Crippen LogP contribution in [0.1, 0.15) is 33.2 Å². The number of hydrogen-bond donors (Lipinski definition) is 2. The molecule has 10 nitrogen and oxygen atoms in total. The summed E-state index contributed by atoms with van der Waals surface area (Å²) in [4.78, 5) is 37.9. The quantitative estimate of drug-likeness (QED) is 0.400. The zero-order chi connectivity index (χ0) is 26.3. The number of amides is 1. The predicted octanol–water partition coefficient (Wildman–Crippen LogP) is 3.63. The van der Waals surface area contributed by atoms with Gasteiger partial charge in [0.2, 0.25) is 10.0 Å². The molecule has 2 aromatic carbocycles. The molecule has 0 saturated heterocycles. The molecule has 1 amide bonds. The zero-order valence-electron chi connectivity index (χ0n) is 19.2. The maximum absolute atomic E-state index is 12.5. The molecule has 3 rings (SSSR count). The number of rotatable bonds is 9. The van der Waals surface area contributed by atoms with Crippen LogP contribution in [0.5, 0.6) is 0 Å². The van der Waals surface area contributed by atoms with Gasteiger partial charge >= 0.3 is 11.9 Å². The fourth-order valence-corrected chi connectivity index (χ4v) is 4.73. The molecule has 0 fully saturated rings. The van der Waals surface area contributed by atoms with Gasteiger partial charge in [0.05, 0.1) is 35.6 Å². The van der Waals surface area contributed by atoms with Crippen LogP contribution in [0.15, 0.2) is 54.6 Å². The monoisotopic (exact) mass is 527 g/mol. The highest BCUT2D eigenvalue weighted by atomic mass is 32.2. The molecule has 0 aliphatic carbocycles. The minimum Gasteiger partial charge on any atom is -0.462 e. The van der Waals surface area contributed by atoms with Crippen molar-refractivity contribution in [3.63, 3.8) is 0 Å². The van der Waals surface area contributed by atoms with Crippen molar-refractivity contribution < 1.29 is 32.3 Å². The van der Waals surface area contributed by atoms with Gasteiger partial charge in [0.25, 0.3) is 5.91 Å². The van der Waals surface area contributed by atoms with Crippen molar-refractivity contribution in [3.05, 3.63) is 71.3 Å². The lowest BCUT2D eigenvalue weighted by molar-refractivity contribution is -0.119. The standard InChI is InChI=1S/C24H21N3O7S2/c1-3-33-24(30)19-12-20(18-10-5-4-7-16(18)13-25)35-22(19)26-21(28)14-34-23(29)15-8-6-9-17(11-15)27-36(2,31)32/h4-12,27H,3,14H2,1-2H3,(H,26,28). The van der Waals surface area contributed by atoms with Crippen LogP contribution in [-0.2, 0) is 24.3 Å². The Morgan fingerprint density at radius 2 is 1.78 bits per heavy atom. The topological polar surface area (TPSA) is 152 Å². The summed E-state index contributed by atoms with van der Waals surface area (Å²) in [5, 5.41) is 12.1. The first kappa shape index (κ1) is 26.4. The number of nitrogens with one attached hydrogen (secondary N) is 2. The van der Waals surface area contributed by atoms with E-state index in [1.165, 1.54) is 30.3 Å². The molecular formula is C24H21N3O7S2. The zero-order valence-corrected chi connectivity index (χ0v) is 20.9. The first-order chi connectivity index (χ1) is 17.1. The summed E-state index contributed by atoms with van der Waals surface area (Å²) in [7, 11) is -3.54. The lowest BCUT2D eigenvalue weighted by Crippen LogP contribution is -2.21. The van der Waals surface area contributed by atoms with Gasteiger partial charge in [-0.25, -0.2) is 18.0 Å². The number of ether oxygens (including phenoxy) is 2. The maximum atomic E-state index is 12.5. The molecule has 3 aromatic rings. The van der Waals surface area contributed by atoms with Crippen molar-refractivity contribution in [3.8, 4) is 16.5 Å². The molecular weight excluding hydrogens is 506 g/mol. The molecule has 1 aromatic heterocycles. The lowest BCUT2D eigenvalue weighted by atomic mass is 10.1. The van der Waals surface area contributed by atoms with Crippen molar-refractivity contribution in [2.24, 2.45) is 0 Å². The molecule has 186 valence electrons. The Kier molecular flexibility index (Phi) is 8.42. The van der Waals surface area contributed by atoms with Crippen LogP contribution in [0, 0.1) is 11.3 Å². The van der Waals surface area contributed by atoms with Crippen LogP contribution < -0.4 is 10.0 Å². The molecule has 0 atom stereocenters. The SMILES string of the molecule is CCOC(=O)c1cc(-c2ccccc2C#N)sc1NC(=O)COC(=O)c1cccc(NS(C)(=O)=O)c1. The molecule has 0 bridgehead atoms. The molecule has 2 N–H and O–H groups in total. The predicted molar refractivity (Wildman–Crippen MR) is 134 cm³/mol. The van der Waals surface area contributed by atoms with Crippen LogP contribution in [0.3, 0.4) is 0 Å². The summed E-state index contributed by atoms with van der Waals surface area (Å²) < 4.78 is 35.1. The second kappa shape index (κ2) is 11.5. The second-order valence-corrected chi connectivity index (χ2v) is 10.1. The van der Waals surface area contributed by atoms with Gasteiger partial charge in [-0.15, -0.1) is 11.3 Å². The summed E-state index contributed by atoms with van der Waals surface area (Å²) in [6, 6.07) is 16.0. The number of esters is 2. The molecule has 0 radical (unpaired) electrons. The van der Waals surface area contributed by atoms with Crippen molar-refractivity contribution in [1.82, 2.24) is 0 Å². The third-order valence-electron chi connectivity index (χ3n) is 4.53. The summed E-state index contributed by atoms with van der Waals surface area (Å²) in [5.41, 5.74) is 1.29. The first-order valence-electron chi connectivity index (χ1n) is 10.5. The number of thiophene rings is 1. The Hall–Kier alpha value is -4.21. The molecule has 12 heteroatoms. The van der Waals surface area contributed by atoms with Gasteiger partial charge in [0, 0.05) is 16.1 Å². The van der Waals surface area contributed by atoms with Gasteiger partial charge in [-0.1, -0.05) is 24.3 Å². The smallest absolute Gasteiger partial charge is 0.341 e. The number of sulfonamides is 1. The molecule has 1 heterocycles. The van der Waals surface area contributed by atoms with E-state index < -0.39 is 34.5 Å². The lowest BCUT2D eigenvalue weighted by Gasteiger charge is -2.08. The Morgan fingerprint density at radius 3 is 2.47 bits per heavy atom. The van der Waals surface area contributed by atoms with Gasteiger partial charge in [-0.3, -0.25) is 9.52 Å². The van der Waals surface area contributed by atoms with Crippen LogP contribution >= 0.6 is 11.3 Å². The van der Waals surface area contributed by atoms with E-state index in [-0.39, 0.29) is 28.4 Å². The van der Waals surface area contributed by atoms with Crippen molar-refractivity contribution >= 4 is 49.9 Å². The van der Waals surface area contributed by atoms with E-state index in [1.807, 2.05) is 0 Å². The number of anilines is 2. The first-order valence-corrected chi connectivity index (χ1v) is 13.2. The van der Waals surface area contributed by atoms with E-state index in [9.17, 15) is 28.1 Å². The van der Waals surface area contributed by atoms with E-state index in [4.69, 9.17) is 9.47 Å². The van der Waals surface area contributed by atoms with E-state index >= 15 is 0 Å².